The number of nitrogens with one attached hydrogen (secondary N) is 1. The lowest BCUT2D eigenvalue weighted by atomic mass is 9.93. The maximum atomic E-state index is 13.5. The lowest BCUT2D eigenvalue weighted by Crippen LogP contribution is -3.13. The van der Waals surface area contributed by atoms with E-state index in [1.165, 1.54) is 17.0 Å². The van der Waals surface area contributed by atoms with Crippen molar-refractivity contribution in [2.75, 3.05) is 13.1 Å². The van der Waals surface area contributed by atoms with E-state index in [0.29, 0.717) is 0 Å². The summed E-state index contributed by atoms with van der Waals surface area (Å²) in [6.45, 7) is 7.88. The minimum Gasteiger partial charge on any atom is -0.369 e. The molecule has 2 aromatic rings. The van der Waals surface area contributed by atoms with Gasteiger partial charge in [0.05, 0.1) is 18.6 Å². The fraction of sp³-hybridized carbons (Fsp3) is 0.579. The molecule has 146 valence electrons. The van der Waals surface area contributed by atoms with Gasteiger partial charge in [0, 0.05) is 24.3 Å². The molecular formula is C19H28FN6O+. The zero-order valence-electron chi connectivity index (χ0n) is 16.2. The smallest absolute Gasteiger partial charge is 0.220 e. The molecule has 0 spiro atoms. The fourth-order valence-corrected chi connectivity index (χ4v) is 3.74. The van der Waals surface area contributed by atoms with Gasteiger partial charge in [-0.3, -0.25) is 4.79 Å². The quantitative estimate of drug-likeness (QED) is 0.782. The molecule has 1 aromatic carbocycles. The zero-order valence-corrected chi connectivity index (χ0v) is 16.2. The molecule has 1 fully saturated rings. The van der Waals surface area contributed by atoms with Crippen LogP contribution >= 0.6 is 0 Å². The second-order valence-electron chi connectivity index (χ2n) is 7.93. The molecule has 8 heteroatoms. The van der Waals surface area contributed by atoms with Crippen LogP contribution < -0.4 is 10.6 Å². The third kappa shape index (κ3) is 4.00. The molecule has 1 aromatic heterocycles. The van der Waals surface area contributed by atoms with Crippen LogP contribution in [0.15, 0.2) is 24.3 Å². The van der Waals surface area contributed by atoms with Crippen LogP contribution in [0.1, 0.15) is 57.5 Å². The van der Waals surface area contributed by atoms with E-state index in [2.05, 4.69) is 36.3 Å². The Bertz CT molecular complexity index is 780. The number of hydrogen-bond acceptors (Lipinski definition) is 4. The average molecular weight is 375 g/mol. The number of rotatable bonds is 6. The van der Waals surface area contributed by atoms with Gasteiger partial charge in [-0.2, -0.15) is 0 Å². The minimum atomic E-state index is -0.270. The lowest BCUT2D eigenvalue weighted by molar-refractivity contribution is -0.931. The van der Waals surface area contributed by atoms with Crippen LogP contribution in [-0.2, 0) is 10.3 Å². The number of aromatic nitrogens is 4. The first-order valence-electron chi connectivity index (χ1n) is 9.51. The summed E-state index contributed by atoms with van der Waals surface area (Å²) >= 11 is 0. The molecular weight excluding hydrogens is 347 g/mol. The molecule has 1 saturated heterocycles. The first-order valence-corrected chi connectivity index (χ1v) is 9.51. The summed E-state index contributed by atoms with van der Waals surface area (Å²) in [5.41, 5.74) is 6.21. The van der Waals surface area contributed by atoms with Gasteiger partial charge in [-0.1, -0.05) is 6.92 Å². The van der Waals surface area contributed by atoms with Crippen molar-refractivity contribution in [1.29, 1.82) is 0 Å². The third-order valence-corrected chi connectivity index (χ3v) is 5.83. The number of piperidine rings is 1. The number of primary amides is 1. The molecule has 0 aliphatic carbocycles. The molecule has 3 N–H and O–H groups in total. The van der Waals surface area contributed by atoms with Gasteiger partial charge in [-0.25, -0.2) is 9.07 Å². The van der Waals surface area contributed by atoms with Crippen molar-refractivity contribution >= 4 is 5.91 Å². The molecule has 0 unspecified atom stereocenters. The van der Waals surface area contributed by atoms with Crippen LogP contribution in [0.3, 0.4) is 0 Å². The number of quaternary nitrogens is 1. The molecule has 1 aliphatic rings. The van der Waals surface area contributed by atoms with E-state index in [-0.39, 0.29) is 29.2 Å². The van der Waals surface area contributed by atoms with Crippen molar-refractivity contribution in [3.05, 3.63) is 41.5 Å². The van der Waals surface area contributed by atoms with E-state index in [1.807, 2.05) is 4.68 Å². The highest BCUT2D eigenvalue weighted by Crippen LogP contribution is 2.25. The predicted octanol–water partition coefficient (Wildman–Crippen LogP) is 0.827. The van der Waals surface area contributed by atoms with Gasteiger partial charge >= 0.3 is 0 Å². The van der Waals surface area contributed by atoms with Crippen molar-refractivity contribution < 1.29 is 14.1 Å². The van der Waals surface area contributed by atoms with E-state index >= 15 is 0 Å². The number of tetrazole rings is 1. The highest BCUT2D eigenvalue weighted by atomic mass is 19.1. The Morgan fingerprint density at radius 2 is 1.96 bits per heavy atom. The van der Waals surface area contributed by atoms with Crippen LogP contribution in [0.5, 0.6) is 0 Å². The molecule has 1 amide bonds. The van der Waals surface area contributed by atoms with Crippen LogP contribution in [-0.4, -0.2) is 39.2 Å². The number of carbonyl (C=O) groups is 1. The summed E-state index contributed by atoms with van der Waals surface area (Å²) in [5, 5.41) is 12.5. The summed E-state index contributed by atoms with van der Waals surface area (Å²) in [6.07, 6.45) is 2.35. The van der Waals surface area contributed by atoms with Gasteiger partial charge in [0.2, 0.25) is 11.7 Å². The van der Waals surface area contributed by atoms with Crippen molar-refractivity contribution in [3.63, 3.8) is 0 Å². The molecule has 1 atom stereocenters. The number of hydrogen-bond donors (Lipinski definition) is 2. The summed E-state index contributed by atoms with van der Waals surface area (Å²) in [4.78, 5) is 12.8. The molecule has 7 nitrogen and oxygen atoms in total. The maximum absolute atomic E-state index is 13.5. The van der Waals surface area contributed by atoms with Crippen molar-refractivity contribution in [1.82, 2.24) is 20.2 Å². The predicted molar refractivity (Wildman–Crippen MR) is 98.3 cm³/mol. The number of nitrogens with zero attached hydrogens (tertiary/aromatic N) is 4. The Kier molecular flexibility index (Phi) is 5.55. The number of carbonyl (C=O) groups excluding carboxylic acids is 1. The molecule has 0 bridgehead atoms. The highest BCUT2D eigenvalue weighted by Gasteiger charge is 2.38. The number of likely N-dealkylation sites (tertiary alicyclic amines) is 1. The van der Waals surface area contributed by atoms with Crippen LogP contribution in [0, 0.1) is 11.7 Å². The molecule has 0 radical (unpaired) electrons. The Morgan fingerprint density at radius 3 is 2.52 bits per heavy atom. The topological polar surface area (TPSA) is 91.1 Å². The number of benzene rings is 1. The van der Waals surface area contributed by atoms with Crippen molar-refractivity contribution in [3.8, 4) is 0 Å². The second-order valence-corrected chi connectivity index (χ2v) is 7.93. The van der Waals surface area contributed by atoms with Gasteiger partial charge in [-0.15, -0.1) is 5.10 Å². The van der Waals surface area contributed by atoms with Gasteiger partial charge in [0.1, 0.15) is 5.82 Å². The normalized spacial score (nSPS) is 21.8. The third-order valence-electron chi connectivity index (χ3n) is 5.83. The summed E-state index contributed by atoms with van der Waals surface area (Å²) < 4.78 is 15.4. The van der Waals surface area contributed by atoms with E-state index < -0.39 is 0 Å². The Morgan fingerprint density at radius 1 is 1.33 bits per heavy atom. The first-order chi connectivity index (χ1) is 12.8. The van der Waals surface area contributed by atoms with E-state index in [0.717, 1.165) is 43.7 Å². The summed E-state index contributed by atoms with van der Waals surface area (Å²) in [7, 11) is 0. The molecule has 27 heavy (non-hydrogen) atoms. The van der Waals surface area contributed by atoms with Crippen LogP contribution in [0.25, 0.3) is 0 Å². The Balaban J connectivity index is 1.99. The van der Waals surface area contributed by atoms with Gasteiger partial charge in [-0.05, 0) is 55.0 Å². The average Bonchev–Trinajstić information content (AvgIpc) is 3.14. The molecule has 2 heterocycles. The number of nitrogens with two attached hydrogens (primary N) is 1. The molecule has 0 saturated carbocycles. The largest absolute Gasteiger partial charge is 0.369 e. The molecule has 1 aliphatic heterocycles. The molecule has 3 rings (SSSR count). The standard InChI is InChI=1S/C19H27FN6O/c1-4-19(2,3)26-18(22-23-24-26)16(13-5-7-15(20)8-6-13)25-11-9-14(10-12-25)17(21)27/h5-8,14,16H,4,9-12H2,1-3H3,(H2,21,27)/p+1/t16-/m0/s1. The minimum absolute atomic E-state index is 0.0781. The first kappa shape index (κ1) is 19.4. The van der Waals surface area contributed by atoms with Gasteiger partial charge in [0.25, 0.3) is 0 Å². The maximum Gasteiger partial charge on any atom is 0.220 e. The number of amides is 1. The van der Waals surface area contributed by atoms with E-state index in [9.17, 15) is 9.18 Å². The lowest BCUT2D eigenvalue weighted by Gasteiger charge is -2.35. The van der Waals surface area contributed by atoms with Crippen molar-refractivity contribution in [2.45, 2.75) is 51.6 Å². The van der Waals surface area contributed by atoms with Crippen molar-refractivity contribution in [2.24, 2.45) is 11.7 Å². The highest BCUT2D eigenvalue weighted by molar-refractivity contribution is 5.76. The number of halogens is 1. The fourth-order valence-electron chi connectivity index (χ4n) is 3.74. The SMILES string of the molecule is CCC(C)(C)n1nnnc1[C@H](c1ccc(F)cc1)[NH+]1CCC(C(N)=O)CC1. The summed E-state index contributed by atoms with van der Waals surface area (Å²) in [5.74, 6) is 0.185. The van der Waals surface area contributed by atoms with Gasteiger partial charge in [0.15, 0.2) is 6.04 Å². The summed E-state index contributed by atoms with van der Waals surface area (Å²) in [6, 6.07) is 6.41. The Labute approximate surface area is 158 Å². The van der Waals surface area contributed by atoms with Gasteiger partial charge < -0.3 is 10.6 Å². The zero-order chi connectivity index (χ0) is 19.6. The van der Waals surface area contributed by atoms with E-state index in [1.54, 1.807) is 12.1 Å². The second kappa shape index (κ2) is 7.72. The Hall–Kier alpha value is -2.35. The van der Waals surface area contributed by atoms with Crippen LogP contribution in [0.2, 0.25) is 0 Å². The van der Waals surface area contributed by atoms with Crippen LogP contribution in [0.4, 0.5) is 4.39 Å². The monoisotopic (exact) mass is 375 g/mol. The van der Waals surface area contributed by atoms with E-state index in [4.69, 9.17) is 5.73 Å².